The van der Waals surface area contributed by atoms with Gasteiger partial charge in [-0.15, -0.1) is 0 Å². The number of rotatable bonds is 0. The van der Waals surface area contributed by atoms with Gasteiger partial charge in [0.2, 0.25) is 0 Å². The number of hydrogen-bond acceptors (Lipinski definition) is 0. The summed E-state index contributed by atoms with van der Waals surface area (Å²) in [6.07, 6.45) is 0. The van der Waals surface area contributed by atoms with Gasteiger partial charge in [-0.3, -0.25) is 0 Å². The van der Waals surface area contributed by atoms with Crippen molar-refractivity contribution in [1.82, 2.24) is 0 Å². The lowest BCUT2D eigenvalue weighted by molar-refractivity contribution is 0.581. The Labute approximate surface area is 63.9 Å². The molecule has 0 amide bonds. The molecule has 2 heteroatoms. The Morgan fingerprint density at radius 2 is 2.00 bits per heavy atom. The van der Waals surface area contributed by atoms with E-state index in [0.29, 0.717) is 0 Å². The molecule has 0 bridgehead atoms. The predicted molar refractivity (Wildman–Crippen MR) is 38.6 cm³/mol. The third kappa shape index (κ3) is 1.78. The van der Waals surface area contributed by atoms with E-state index in [2.05, 4.69) is 18.8 Å². The first kappa shape index (κ1) is 7.74. The Morgan fingerprint density at radius 1 is 1.27 bits per heavy atom. The van der Waals surface area contributed by atoms with Gasteiger partial charge in [-0.05, 0) is 12.1 Å². The van der Waals surface area contributed by atoms with Gasteiger partial charge < -0.3 is 0 Å². The molecule has 1 radical (unpaired) electrons. The van der Waals surface area contributed by atoms with E-state index in [4.69, 9.17) is 0 Å². The standard InChI is InChI=1S/C9H5F2/c1-2-3-7-4-5-8(10)6-9(7)11/h4-6H,1H2. The second-order valence-electron chi connectivity index (χ2n) is 1.93. The average molecular weight is 151 g/mol. The third-order valence-electron chi connectivity index (χ3n) is 1.15. The van der Waals surface area contributed by atoms with E-state index in [9.17, 15) is 8.78 Å². The molecular weight excluding hydrogens is 146 g/mol. The summed E-state index contributed by atoms with van der Waals surface area (Å²) >= 11 is 0. The van der Waals surface area contributed by atoms with Crippen LogP contribution in [0.5, 0.6) is 0 Å². The zero-order valence-corrected chi connectivity index (χ0v) is 5.70. The van der Waals surface area contributed by atoms with Crippen molar-refractivity contribution >= 4 is 0 Å². The summed E-state index contributed by atoms with van der Waals surface area (Å²) in [6.45, 7) is 3.22. The van der Waals surface area contributed by atoms with Gasteiger partial charge in [0.05, 0.1) is 5.56 Å². The molecule has 0 heterocycles. The van der Waals surface area contributed by atoms with Crippen LogP contribution in [0.25, 0.3) is 0 Å². The van der Waals surface area contributed by atoms with Crippen molar-refractivity contribution in [3.8, 4) is 11.8 Å². The van der Waals surface area contributed by atoms with Crippen molar-refractivity contribution in [3.05, 3.63) is 42.3 Å². The van der Waals surface area contributed by atoms with Gasteiger partial charge in [0, 0.05) is 13.0 Å². The fraction of sp³-hybridized carbons (Fsp3) is 0. The van der Waals surface area contributed by atoms with Gasteiger partial charge in [0.1, 0.15) is 11.6 Å². The van der Waals surface area contributed by atoms with Gasteiger partial charge in [0.25, 0.3) is 0 Å². The molecule has 1 aromatic carbocycles. The SMILES string of the molecule is [CH2]C#Cc1ccc(F)cc1F. The molecule has 0 saturated heterocycles. The second kappa shape index (κ2) is 3.16. The fourth-order valence-electron chi connectivity index (χ4n) is 0.686. The number of hydrogen-bond donors (Lipinski definition) is 0. The van der Waals surface area contributed by atoms with Gasteiger partial charge in [-0.2, -0.15) is 0 Å². The summed E-state index contributed by atoms with van der Waals surface area (Å²) in [7, 11) is 0. The zero-order valence-electron chi connectivity index (χ0n) is 5.70. The Morgan fingerprint density at radius 3 is 2.55 bits per heavy atom. The van der Waals surface area contributed by atoms with Gasteiger partial charge in [0.15, 0.2) is 0 Å². The predicted octanol–water partition coefficient (Wildman–Crippen LogP) is 2.15. The van der Waals surface area contributed by atoms with E-state index in [-0.39, 0.29) is 5.56 Å². The van der Waals surface area contributed by atoms with Crippen LogP contribution in [0.1, 0.15) is 5.56 Å². The first-order chi connectivity index (χ1) is 5.24. The minimum atomic E-state index is -0.652. The first-order valence-electron chi connectivity index (χ1n) is 2.97. The van der Waals surface area contributed by atoms with Gasteiger partial charge >= 0.3 is 0 Å². The highest BCUT2D eigenvalue weighted by molar-refractivity contribution is 5.35. The lowest BCUT2D eigenvalue weighted by atomic mass is 10.2. The largest absolute Gasteiger partial charge is 0.207 e. The summed E-state index contributed by atoms with van der Waals surface area (Å²) in [5.74, 6) is 3.43. The van der Waals surface area contributed by atoms with Crippen LogP contribution in [0.4, 0.5) is 8.78 Å². The van der Waals surface area contributed by atoms with Gasteiger partial charge in [-0.25, -0.2) is 8.78 Å². The topological polar surface area (TPSA) is 0 Å². The Balaban J connectivity index is 3.16. The lowest BCUT2D eigenvalue weighted by Crippen LogP contribution is -1.84. The van der Waals surface area contributed by atoms with Gasteiger partial charge in [-0.1, -0.05) is 11.8 Å². The van der Waals surface area contributed by atoms with Crippen molar-refractivity contribution in [2.24, 2.45) is 0 Å². The Bertz CT molecular complexity index is 318. The lowest BCUT2D eigenvalue weighted by Gasteiger charge is -1.92. The fourth-order valence-corrected chi connectivity index (χ4v) is 0.686. The molecule has 0 fully saturated rings. The third-order valence-corrected chi connectivity index (χ3v) is 1.15. The highest BCUT2D eigenvalue weighted by atomic mass is 19.1. The van der Waals surface area contributed by atoms with Crippen LogP contribution < -0.4 is 0 Å². The maximum atomic E-state index is 12.7. The molecule has 0 aliphatic heterocycles. The van der Waals surface area contributed by atoms with Crippen molar-refractivity contribution in [1.29, 1.82) is 0 Å². The van der Waals surface area contributed by atoms with Crippen molar-refractivity contribution in [2.75, 3.05) is 0 Å². The molecule has 11 heavy (non-hydrogen) atoms. The molecule has 55 valence electrons. The smallest absolute Gasteiger partial charge is 0.141 e. The van der Waals surface area contributed by atoms with E-state index in [1.54, 1.807) is 0 Å². The van der Waals surface area contributed by atoms with E-state index in [1.165, 1.54) is 6.07 Å². The molecule has 0 spiro atoms. The average Bonchev–Trinajstić information content (AvgIpc) is 1.95. The summed E-state index contributed by atoms with van der Waals surface area (Å²) in [5.41, 5.74) is 0.168. The van der Waals surface area contributed by atoms with E-state index >= 15 is 0 Å². The molecule has 0 aliphatic carbocycles. The molecule has 1 rings (SSSR count). The Hall–Kier alpha value is -1.36. The normalized spacial score (nSPS) is 8.64. The molecule has 0 aliphatic rings. The summed E-state index contributed by atoms with van der Waals surface area (Å²) < 4.78 is 25.0. The van der Waals surface area contributed by atoms with E-state index < -0.39 is 11.6 Å². The molecule has 0 saturated carbocycles. The van der Waals surface area contributed by atoms with Crippen molar-refractivity contribution in [3.63, 3.8) is 0 Å². The van der Waals surface area contributed by atoms with Crippen LogP contribution in [-0.2, 0) is 0 Å². The summed E-state index contributed by atoms with van der Waals surface area (Å²) in [4.78, 5) is 0. The summed E-state index contributed by atoms with van der Waals surface area (Å²) in [6, 6.07) is 3.23. The molecule has 1 aromatic rings. The number of halogens is 2. The monoisotopic (exact) mass is 151 g/mol. The molecule has 0 atom stereocenters. The van der Waals surface area contributed by atoms with Crippen molar-refractivity contribution in [2.45, 2.75) is 0 Å². The van der Waals surface area contributed by atoms with Crippen LogP contribution in [0.3, 0.4) is 0 Å². The van der Waals surface area contributed by atoms with E-state index in [0.717, 1.165) is 12.1 Å². The van der Waals surface area contributed by atoms with Crippen LogP contribution >= 0.6 is 0 Å². The van der Waals surface area contributed by atoms with Crippen LogP contribution in [0, 0.1) is 30.4 Å². The molecule has 0 aromatic heterocycles. The molecular formula is C9H5F2. The Kier molecular flexibility index (Phi) is 2.22. The van der Waals surface area contributed by atoms with Crippen LogP contribution in [0.2, 0.25) is 0 Å². The van der Waals surface area contributed by atoms with Crippen LogP contribution in [0.15, 0.2) is 18.2 Å². The molecule has 0 nitrogen and oxygen atoms in total. The first-order valence-corrected chi connectivity index (χ1v) is 2.97. The van der Waals surface area contributed by atoms with E-state index in [1.807, 2.05) is 0 Å². The van der Waals surface area contributed by atoms with Crippen LogP contribution in [-0.4, -0.2) is 0 Å². The maximum Gasteiger partial charge on any atom is 0.141 e. The second-order valence-corrected chi connectivity index (χ2v) is 1.93. The summed E-state index contributed by atoms with van der Waals surface area (Å²) in [5, 5.41) is 0. The maximum absolute atomic E-state index is 12.7. The minimum absolute atomic E-state index is 0.168. The zero-order chi connectivity index (χ0) is 8.27. The highest BCUT2D eigenvalue weighted by Crippen LogP contribution is 2.07. The molecule has 0 N–H and O–H groups in total. The highest BCUT2D eigenvalue weighted by Gasteiger charge is 1.98. The number of benzene rings is 1. The quantitative estimate of drug-likeness (QED) is 0.498. The minimum Gasteiger partial charge on any atom is -0.207 e. The van der Waals surface area contributed by atoms with Crippen molar-refractivity contribution < 1.29 is 8.78 Å². The molecule has 0 unspecified atom stereocenters.